The van der Waals surface area contributed by atoms with Gasteiger partial charge in [-0.1, -0.05) is 23.7 Å². The fourth-order valence-electron chi connectivity index (χ4n) is 4.61. The lowest BCUT2D eigenvalue weighted by Gasteiger charge is -2.42. The van der Waals surface area contributed by atoms with E-state index in [4.69, 9.17) is 11.6 Å². The average molecular weight is 559 g/mol. The Balaban J connectivity index is 1.61. The molecule has 1 fully saturated rings. The third kappa shape index (κ3) is 4.74. The number of alkyl halides is 1. The highest BCUT2D eigenvalue weighted by molar-refractivity contribution is 7.90. The number of halogens is 2. The first kappa shape index (κ1) is 26.1. The van der Waals surface area contributed by atoms with Crippen molar-refractivity contribution in [1.82, 2.24) is 29.3 Å². The van der Waals surface area contributed by atoms with E-state index < -0.39 is 40.8 Å². The number of nitrogens with one attached hydrogen (secondary N) is 1. The molecular formula is C25H24ClFN6O4S. The minimum Gasteiger partial charge on any atom is -0.609 e. The Labute approximate surface area is 224 Å². The molecule has 1 N–H and O–H groups in total. The maximum Gasteiger partial charge on any atom is 0.323 e. The quantitative estimate of drug-likeness (QED) is 0.362. The third-order valence-electron chi connectivity index (χ3n) is 6.46. The lowest BCUT2D eigenvalue weighted by Crippen LogP contribution is -2.60. The van der Waals surface area contributed by atoms with Gasteiger partial charge in [0.2, 0.25) is 5.91 Å². The van der Waals surface area contributed by atoms with Gasteiger partial charge in [0.25, 0.3) is 11.5 Å². The van der Waals surface area contributed by atoms with Crippen LogP contribution in [0.5, 0.6) is 0 Å². The number of benzene rings is 1. The van der Waals surface area contributed by atoms with Crippen molar-refractivity contribution in [3.63, 3.8) is 0 Å². The zero-order chi connectivity index (χ0) is 27.4. The number of aryl methyl sites for hydroxylation is 1. The van der Waals surface area contributed by atoms with Crippen LogP contribution >= 0.6 is 11.6 Å². The van der Waals surface area contributed by atoms with Gasteiger partial charge in [0.1, 0.15) is 35.2 Å². The number of carbonyl (C=O) groups is 2. The number of carbonyl (C=O) groups excluding carboxylic acids is 2. The van der Waals surface area contributed by atoms with Gasteiger partial charge in [-0.2, -0.15) is 4.98 Å². The summed E-state index contributed by atoms with van der Waals surface area (Å²) in [5.74, 6) is -1.11. The van der Waals surface area contributed by atoms with Gasteiger partial charge in [-0.15, -0.1) is 0 Å². The van der Waals surface area contributed by atoms with Crippen LogP contribution < -0.4 is 10.9 Å². The number of pyridine rings is 2. The van der Waals surface area contributed by atoms with Gasteiger partial charge in [-0.25, -0.2) is 9.37 Å². The molecule has 0 spiro atoms. The van der Waals surface area contributed by atoms with Gasteiger partial charge < -0.3 is 14.8 Å². The van der Waals surface area contributed by atoms with E-state index in [0.29, 0.717) is 26.6 Å². The summed E-state index contributed by atoms with van der Waals surface area (Å²) in [6.45, 7) is 0.963. The van der Waals surface area contributed by atoms with Crippen LogP contribution in [0, 0.1) is 0 Å². The smallest absolute Gasteiger partial charge is 0.323 e. The van der Waals surface area contributed by atoms with E-state index in [9.17, 15) is 23.3 Å². The Morgan fingerprint density at radius 1 is 1.26 bits per heavy atom. The lowest BCUT2D eigenvalue weighted by molar-refractivity contribution is -0.144. The summed E-state index contributed by atoms with van der Waals surface area (Å²) in [6, 6.07) is 8.30. The van der Waals surface area contributed by atoms with Crippen molar-refractivity contribution >= 4 is 56.7 Å². The number of fused-ring (bicyclic) bond motifs is 3. The molecular weight excluding hydrogens is 535 g/mol. The Kier molecular flexibility index (Phi) is 6.66. The van der Waals surface area contributed by atoms with Crippen LogP contribution in [-0.4, -0.2) is 65.4 Å². The summed E-state index contributed by atoms with van der Waals surface area (Å²) in [4.78, 5) is 49.7. The SMILES string of the molecule is Cn1c([S+](C)[O-])nc2cnc3c(cc(C(=O)NCc4ccc(Cl)cc4)c(=O)n3CC(=O)N3CC(C)(F)C3)c21. The summed E-state index contributed by atoms with van der Waals surface area (Å²) >= 11 is 4.51. The number of imidazole rings is 1. The minimum atomic E-state index is -1.47. The van der Waals surface area contributed by atoms with E-state index in [1.165, 1.54) is 30.3 Å². The van der Waals surface area contributed by atoms with Gasteiger partial charge in [0.15, 0.2) is 0 Å². The average Bonchev–Trinajstić information content (AvgIpc) is 3.20. The molecule has 198 valence electrons. The molecule has 1 saturated heterocycles. The molecule has 1 aliphatic rings. The molecule has 10 nitrogen and oxygen atoms in total. The molecule has 1 atom stereocenters. The van der Waals surface area contributed by atoms with Crippen LogP contribution in [0.4, 0.5) is 4.39 Å². The molecule has 1 unspecified atom stereocenters. The summed E-state index contributed by atoms with van der Waals surface area (Å²) < 4.78 is 29.0. The normalized spacial score (nSPS) is 15.5. The summed E-state index contributed by atoms with van der Waals surface area (Å²) in [6.07, 6.45) is 2.92. The zero-order valence-electron chi connectivity index (χ0n) is 20.8. The highest BCUT2D eigenvalue weighted by Gasteiger charge is 2.41. The number of likely N-dealkylation sites (tertiary alicyclic amines) is 1. The van der Waals surface area contributed by atoms with E-state index in [-0.39, 0.29) is 30.8 Å². The van der Waals surface area contributed by atoms with Crippen LogP contribution in [-0.2, 0) is 36.1 Å². The zero-order valence-corrected chi connectivity index (χ0v) is 22.4. The van der Waals surface area contributed by atoms with Crippen molar-refractivity contribution in [2.75, 3.05) is 19.3 Å². The molecule has 4 aromatic rings. The highest BCUT2D eigenvalue weighted by atomic mass is 35.5. The molecule has 5 rings (SSSR count). The largest absolute Gasteiger partial charge is 0.609 e. The van der Waals surface area contributed by atoms with E-state index in [1.807, 2.05) is 0 Å². The first-order valence-corrected chi connectivity index (χ1v) is 13.6. The van der Waals surface area contributed by atoms with E-state index in [1.54, 1.807) is 35.9 Å². The number of hydrogen-bond donors (Lipinski definition) is 1. The topological polar surface area (TPSA) is 125 Å². The van der Waals surface area contributed by atoms with Crippen molar-refractivity contribution in [3.8, 4) is 0 Å². The summed E-state index contributed by atoms with van der Waals surface area (Å²) in [7, 11) is 1.68. The Morgan fingerprint density at radius 2 is 1.95 bits per heavy atom. The molecule has 0 radical (unpaired) electrons. The van der Waals surface area contributed by atoms with Crippen LogP contribution in [0.25, 0.3) is 22.1 Å². The summed E-state index contributed by atoms with van der Waals surface area (Å²) in [5, 5.41) is 3.96. The molecule has 38 heavy (non-hydrogen) atoms. The Morgan fingerprint density at radius 3 is 2.58 bits per heavy atom. The van der Waals surface area contributed by atoms with Crippen molar-refractivity contribution in [1.29, 1.82) is 0 Å². The van der Waals surface area contributed by atoms with Crippen LogP contribution in [0.2, 0.25) is 5.02 Å². The molecule has 13 heteroatoms. The fourth-order valence-corrected chi connectivity index (χ4v) is 5.44. The third-order valence-corrected chi connectivity index (χ3v) is 7.59. The first-order valence-electron chi connectivity index (χ1n) is 11.7. The number of hydrogen-bond acceptors (Lipinski definition) is 6. The predicted octanol–water partition coefficient (Wildman–Crippen LogP) is 2.17. The molecule has 2 amide bonds. The first-order chi connectivity index (χ1) is 17.9. The summed E-state index contributed by atoms with van der Waals surface area (Å²) in [5.41, 5.74) is -0.526. The van der Waals surface area contributed by atoms with Crippen molar-refractivity contribution in [2.45, 2.75) is 30.8 Å². The second-order valence-corrected chi connectivity index (χ2v) is 11.3. The molecule has 4 heterocycles. The van der Waals surface area contributed by atoms with Crippen LogP contribution in [0.1, 0.15) is 22.8 Å². The number of nitrogens with zero attached hydrogens (tertiary/aromatic N) is 5. The maximum atomic E-state index is 14.0. The molecule has 1 aliphatic heterocycles. The fraction of sp³-hybridized carbons (Fsp3) is 0.320. The number of aromatic nitrogens is 4. The van der Waals surface area contributed by atoms with Gasteiger partial charge >= 0.3 is 5.16 Å². The van der Waals surface area contributed by atoms with Crippen molar-refractivity contribution in [3.05, 3.63) is 63.0 Å². The highest BCUT2D eigenvalue weighted by Crippen LogP contribution is 2.27. The maximum absolute atomic E-state index is 14.0. The minimum absolute atomic E-state index is 0.0785. The predicted molar refractivity (Wildman–Crippen MR) is 141 cm³/mol. The van der Waals surface area contributed by atoms with Crippen LogP contribution in [0.15, 0.2) is 46.5 Å². The second-order valence-electron chi connectivity index (χ2n) is 9.56. The monoisotopic (exact) mass is 558 g/mol. The second kappa shape index (κ2) is 9.68. The van der Waals surface area contributed by atoms with Crippen LogP contribution in [0.3, 0.4) is 0 Å². The van der Waals surface area contributed by atoms with E-state index in [0.717, 1.165) is 10.1 Å². The molecule has 3 aromatic heterocycles. The van der Waals surface area contributed by atoms with E-state index in [2.05, 4.69) is 15.3 Å². The van der Waals surface area contributed by atoms with Gasteiger partial charge in [0, 0.05) is 35.2 Å². The molecule has 0 bridgehead atoms. The van der Waals surface area contributed by atoms with E-state index >= 15 is 0 Å². The van der Waals surface area contributed by atoms with Gasteiger partial charge in [-0.3, -0.25) is 23.5 Å². The van der Waals surface area contributed by atoms with Crippen molar-refractivity contribution < 1.29 is 18.5 Å². The number of rotatable bonds is 6. The Hall–Kier alpha value is -3.48. The Bertz CT molecular complexity index is 1640. The molecule has 0 saturated carbocycles. The van der Waals surface area contributed by atoms with Crippen molar-refractivity contribution in [2.24, 2.45) is 7.05 Å². The lowest BCUT2D eigenvalue weighted by atomic mass is 9.99. The van der Waals surface area contributed by atoms with Gasteiger partial charge in [-0.05, 0) is 30.7 Å². The standard InChI is InChI=1S/C25H24ClFN6O4S/c1-25(27)12-32(13-25)19(34)11-33-21-16(20-18(10-28-21)30-24(31(20)2)38(3)37)8-17(23(33)36)22(35)29-9-14-4-6-15(26)7-5-14/h4-8,10H,9,11-13H2,1-3H3,(H,29,35). The molecule has 1 aromatic carbocycles. The number of amides is 2. The van der Waals surface area contributed by atoms with Gasteiger partial charge in [0.05, 0.1) is 24.8 Å². The molecule has 0 aliphatic carbocycles.